The van der Waals surface area contributed by atoms with Crippen molar-refractivity contribution in [1.29, 1.82) is 0 Å². The molecule has 22 heavy (non-hydrogen) atoms. The Morgan fingerprint density at radius 1 is 1.36 bits per heavy atom. The highest BCUT2D eigenvalue weighted by Crippen LogP contribution is 2.31. The number of rotatable bonds is 4. The fraction of sp³-hybridized carbons (Fsp3) is 0.529. The van der Waals surface area contributed by atoms with Gasteiger partial charge >= 0.3 is 0 Å². The molecule has 1 fully saturated rings. The molecule has 1 aliphatic heterocycles. The van der Waals surface area contributed by atoms with Crippen LogP contribution in [-0.4, -0.2) is 40.7 Å². The molecule has 1 atom stereocenters. The van der Waals surface area contributed by atoms with Crippen LogP contribution in [0.15, 0.2) is 24.3 Å². The highest BCUT2D eigenvalue weighted by molar-refractivity contribution is 5.87. The van der Waals surface area contributed by atoms with Gasteiger partial charge in [0.15, 0.2) is 0 Å². The number of aromatic nitrogens is 2. The zero-order chi connectivity index (χ0) is 15.7. The van der Waals surface area contributed by atoms with E-state index in [9.17, 15) is 4.79 Å². The second-order valence-corrected chi connectivity index (χ2v) is 6.43. The van der Waals surface area contributed by atoms with Crippen molar-refractivity contribution in [2.45, 2.75) is 32.2 Å². The van der Waals surface area contributed by atoms with Crippen LogP contribution in [0.1, 0.15) is 31.5 Å². The maximum atomic E-state index is 11.3. The highest BCUT2D eigenvalue weighted by atomic mass is 16.1. The molecule has 0 spiro atoms. The maximum absolute atomic E-state index is 11.3. The maximum Gasteiger partial charge on any atom is 0.223 e. The Bertz CT molecular complexity index is 670. The number of fused-ring (bicyclic) bond motifs is 1. The molecule has 5 heteroatoms. The Hall–Kier alpha value is -1.88. The third kappa shape index (κ3) is 2.86. The summed E-state index contributed by atoms with van der Waals surface area (Å²) in [5.74, 6) is 0.295. The summed E-state index contributed by atoms with van der Waals surface area (Å²) in [6.45, 7) is 4.52. The van der Waals surface area contributed by atoms with Crippen LogP contribution < -0.4 is 5.73 Å². The highest BCUT2D eigenvalue weighted by Gasteiger charge is 2.26. The zero-order valence-corrected chi connectivity index (χ0v) is 13.3. The number of nitrogens with zero attached hydrogens (tertiary/aromatic N) is 3. The minimum atomic E-state index is -0.331. The summed E-state index contributed by atoms with van der Waals surface area (Å²) in [6, 6.07) is 8.45. The summed E-state index contributed by atoms with van der Waals surface area (Å²) in [5, 5.41) is 5.77. The molecule has 0 aliphatic carbocycles. The average molecular weight is 300 g/mol. The topological polar surface area (TPSA) is 64.2 Å². The lowest BCUT2D eigenvalue weighted by molar-refractivity contribution is -0.117. The van der Waals surface area contributed by atoms with Crippen LogP contribution in [0.3, 0.4) is 0 Å². The van der Waals surface area contributed by atoms with E-state index in [0.29, 0.717) is 12.0 Å². The molecular formula is C17H24N4O. The number of nitrogens with two attached hydrogens (primary N) is 1. The summed E-state index contributed by atoms with van der Waals surface area (Å²) >= 11 is 0. The quantitative estimate of drug-likeness (QED) is 0.939. The van der Waals surface area contributed by atoms with Crippen LogP contribution in [0.25, 0.3) is 10.9 Å². The van der Waals surface area contributed by atoms with Gasteiger partial charge < -0.3 is 10.6 Å². The van der Waals surface area contributed by atoms with Crippen molar-refractivity contribution in [3.8, 4) is 0 Å². The SMILES string of the molecule is C[C@@H](C1CCN(C)CC1)n1nc(CC(N)=O)c2ccccc21. The van der Waals surface area contributed by atoms with Gasteiger partial charge in [-0.2, -0.15) is 5.10 Å². The molecule has 5 nitrogen and oxygen atoms in total. The number of carbonyl (C=O) groups is 1. The first-order valence-electron chi connectivity index (χ1n) is 7.99. The predicted octanol–water partition coefficient (Wildman–Crippen LogP) is 1.97. The molecule has 0 radical (unpaired) electrons. The molecule has 1 aromatic heterocycles. The molecule has 118 valence electrons. The van der Waals surface area contributed by atoms with Gasteiger partial charge in [0.1, 0.15) is 0 Å². The van der Waals surface area contributed by atoms with Gasteiger partial charge in [-0.25, -0.2) is 0 Å². The second kappa shape index (κ2) is 6.08. The van der Waals surface area contributed by atoms with Crippen LogP contribution in [0, 0.1) is 5.92 Å². The van der Waals surface area contributed by atoms with Crippen LogP contribution in [0.4, 0.5) is 0 Å². The predicted molar refractivity (Wildman–Crippen MR) is 87.6 cm³/mol. The average Bonchev–Trinajstić information content (AvgIpc) is 2.86. The Labute approximate surface area is 131 Å². The van der Waals surface area contributed by atoms with Crippen molar-refractivity contribution in [3.05, 3.63) is 30.0 Å². The van der Waals surface area contributed by atoms with Gasteiger partial charge in [-0.15, -0.1) is 0 Å². The molecule has 0 bridgehead atoms. The number of amides is 1. The van der Waals surface area contributed by atoms with Crippen molar-refractivity contribution in [2.75, 3.05) is 20.1 Å². The molecule has 2 aromatic rings. The number of piperidine rings is 1. The van der Waals surface area contributed by atoms with E-state index in [0.717, 1.165) is 29.7 Å². The molecule has 0 unspecified atom stereocenters. The minimum absolute atomic E-state index is 0.202. The number of hydrogen-bond acceptors (Lipinski definition) is 3. The molecular weight excluding hydrogens is 276 g/mol. The first kappa shape index (κ1) is 15.0. The molecule has 1 aliphatic rings. The van der Waals surface area contributed by atoms with E-state index in [1.54, 1.807) is 0 Å². The molecule has 1 saturated heterocycles. The van der Waals surface area contributed by atoms with E-state index in [4.69, 9.17) is 10.8 Å². The zero-order valence-electron chi connectivity index (χ0n) is 13.3. The summed E-state index contributed by atoms with van der Waals surface area (Å²) < 4.78 is 2.10. The van der Waals surface area contributed by atoms with Gasteiger partial charge in [0.25, 0.3) is 0 Å². The van der Waals surface area contributed by atoms with Gasteiger partial charge in [-0.05, 0) is 51.9 Å². The van der Waals surface area contributed by atoms with E-state index in [1.807, 2.05) is 18.2 Å². The summed E-state index contributed by atoms with van der Waals surface area (Å²) in [7, 11) is 2.18. The third-order valence-electron chi connectivity index (χ3n) is 4.86. The molecule has 2 heterocycles. The first-order chi connectivity index (χ1) is 10.6. The number of hydrogen-bond donors (Lipinski definition) is 1. The van der Waals surface area contributed by atoms with Crippen molar-refractivity contribution < 1.29 is 4.79 Å². The molecule has 1 amide bonds. The van der Waals surface area contributed by atoms with Gasteiger partial charge in [0.2, 0.25) is 5.91 Å². The third-order valence-corrected chi connectivity index (χ3v) is 4.86. The fourth-order valence-corrected chi connectivity index (χ4v) is 3.47. The van der Waals surface area contributed by atoms with Crippen molar-refractivity contribution in [1.82, 2.24) is 14.7 Å². The van der Waals surface area contributed by atoms with Crippen LogP contribution in [0.2, 0.25) is 0 Å². The Balaban J connectivity index is 1.94. The lowest BCUT2D eigenvalue weighted by Gasteiger charge is -2.33. The van der Waals surface area contributed by atoms with Crippen LogP contribution >= 0.6 is 0 Å². The molecule has 3 rings (SSSR count). The van der Waals surface area contributed by atoms with Crippen LogP contribution in [0.5, 0.6) is 0 Å². The number of para-hydroxylation sites is 1. The van der Waals surface area contributed by atoms with Gasteiger partial charge in [0.05, 0.1) is 23.7 Å². The number of likely N-dealkylation sites (tertiary alicyclic amines) is 1. The van der Waals surface area contributed by atoms with Gasteiger partial charge in [-0.3, -0.25) is 9.48 Å². The molecule has 2 N–H and O–H groups in total. The van der Waals surface area contributed by atoms with E-state index in [2.05, 4.69) is 29.6 Å². The van der Waals surface area contributed by atoms with E-state index < -0.39 is 0 Å². The van der Waals surface area contributed by atoms with E-state index >= 15 is 0 Å². The lowest BCUT2D eigenvalue weighted by atomic mass is 9.90. The fourth-order valence-electron chi connectivity index (χ4n) is 3.47. The van der Waals surface area contributed by atoms with Gasteiger partial charge in [0, 0.05) is 5.39 Å². The number of carbonyl (C=O) groups excluding carboxylic acids is 1. The Morgan fingerprint density at radius 3 is 2.73 bits per heavy atom. The second-order valence-electron chi connectivity index (χ2n) is 6.43. The smallest absolute Gasteiger partial charge is 0.223 e. The van der Waals surface area contributed by atoms with Gasteiger partial charge in [-0.1, -0.05) is 18.2 Å². The van der Waals surface area contributed by atoms with Crippen molar-refractivity contribution in [2.24, 2.45) is 11.7 Å². The van der Waals surface area contributed by atoms with Crippen molar-refractivity contribution in [3.63, 3.8) is 0 Å². The molecule has 1 aromatic carbocycles. The molecule has 0 saturated carbocycles. The number of primary amides is 1. The summed E-state index contributed by atoms with van der Waals surface area (Å²) in [5.41, 5.74) is 7.26. The summed E-state index contributed by atoms with van der Waals surface area (Å²) in [4.78, 5) is 13.7. The first-order valence-corrected chi connectivity index (χ1v) is 7.99. The van der Waals surface area contributed by atoms with E-state index in [1.165, 1.54) is 12.8 Å². The minimum Gasteiger partial charge on any atom is -0.369 e. The van der Waals surface area contributed by atoms with E-state index in [-0.39, 0.29) is 12.3 Å². The van der Waals surface area contributed by atoms with Crippen LogP contribution in [-0.2, 0) is 11.2 Å². The normalized spacial score (nSPS) is 18.6. The lowest BCUT2D eigenvalue weighted by Crippen LogP contribution is -2.33. The monoisotopic (exact) mass is 300 g/mol. The Morgan fingerprint density at radius 2 is 2.05 bits per heavy atom. The van der Waals surface area contributed by atoms with Crippen molar-refractivity contribution >= 4 is 16.8 Å². The standard InChI is InChI=1S/C17H24N4O/c1-12(13-7-9-20(2)10-8-13)21-16-6-4-3-5-14(16)15(19-21)11-17(18)22/h3-6,12-13H,7-11H2,1-2H3,(H2,18,22)/t12-/m0/s1. The summed E-state index contributed by atoms with van der Waals surface area (Å²) in [6.07, 6.45) is 2.58. The number of benzene rings is 1. The Kier molecular flexibility index (Phi) is 4.16. The largest absolute Gasteiger partial charge is 0.369 e.